The molecule has 1 aromatic heterocycles. The van der Waals surface area contributed by atoms with E-state index in [-0.39, 0.29) is 11.3 Å². The molecule has 1 N–H and O–H groups in total. The Balaban J connectivity index is 1.33. The Hall–Kier alpha value is -1.75. The molecule has 0 spiro atoms. The second kappa shape index (κ2) is 4.63. The zero-order valence-electron chi connectivity index (χ0n) is 13.1. The lowest BCUT2D eigenvalue weighted by molar-refractivity contribution is -0.121. The molecule has 118 valence electrons. The summed E-state index contributed by atoms with van der Waals surface area (Å²) in [7, 11) is 0. The lowest BCUT2D eigenvalue weighted by Gasteiger charge is -2.21. The topological polar surface area (TPSA) is 54.9 Å². The van der Waals surface area contributed by atoms with Gasteiger partial charge in [-0.3, -0.25) is 4.79 Å². The van der Waals surface area contributed by atoms with Gasteiger partial charge in [-0.25, -0.2) is 0 Å². The van der Waals surface area contributed by atoms with Gasteiger partial charge in [0.05, 0.1) is 5.41 Å². The van der Waals surface area contributed by atoms with Crippen molar-refractivity contribution in [3.05, 3.63) is 40.4 Å². The van der Waals surface area contributed by atoms with Crippen molar-refractivity contribution in [3.63, 3.8) is 0 Å². The van der Waals surface area contributed by atoms with Crippen LogP contribution in [0, 0.1) is 11.3 Å². The minimum Gasteiger partial charge on any atom is -0.300 e. The molecule has 3 aliphatic carbocycles. The van der Waals surface area contributed by atoms with Gasteiger partial charge in [0.25, 0.3) is 0 Å². The van der Waals surface area contributed by atoms with Crippen molar-refractivity contribution in [1.82, 2.24) is 10.2 Å². The van der Waals surface area contributed by atoms with E-state index in [0.29, 0.717) is 22.9 Å². The molecule has 3 aliphatic rings. The van der Waals surface area contributed by atoms with Gasteiger partial charge in [-0.15, -0.1) is 10.2 Å². The van der Waals surface area contributed by atoms with Crippen LogP contribution in [0.3, 0.4) is 0 Å². The van der Waals surface area contributed by atoms with E-state index in [9.17, 15) is 4.79 Å². The maximum atomic E-state index is 12.8. The Morgan fingerprint density at radius 2 is 2.13 bits per heavy atom. The first-order valence-electron chi connectivity index (χ1n) is 8.40. The first-order chi connectivity index (χ1) is 11.2. The summed E-state index contributed by atoms with van der Waals surface area (Å²) in [4.78, 5) is 12.8. The molecule has 0 saturated heterocycles. The van der Waals surface area contributed by atoms with Crippen molar-refractivity contribution in [2.75, 3.05) is 5.32 Å². The maximum Gasteiger partial charge on any atom is 0.233 e. The van der Waals surface area contributed by atoms with Crippen LogP contribution in [0.2, 0.25) is 0 Å². The number of benzene rings is 1. The molecule has 0 radical (unpaired) electrons. The summed E-state index contributed by atoms with van der Waals surface area (Å²) in [5.74, 6) is 1.50. The van der Waals surface area contributed by atoms with Gasteiger partial charge in [-0.1, -0.05) is 42.0 Å². The molecule has 0 aliphatic heterocycles. The summed E-state index contributed by atoms with van der Waals surface area (Å²) in [6.45, 7) is 2.10. The highest BCUT2D eigenvalue weighted by Crippen LogP contribution is 2.70. The Bertz CT molecular complexity index is 797. The van der Waals surface area contributed by atoms with Gasteiger partial charge in [0.15, 0.2) is 0 Å². The van der Waals surface area contributed by atoms with Gasteiger partial charge in [0.2, 0.25) is 11.0 Å². The average Bonchev–Trinajstić information content (AvgIpc) is 2.84. The summed E-state index contributed by atoms with van der Waals surface area (Å²) in [6, 6.07) is 8.53. The van der Waals surface area contributed by atoms with Crippen molar-refractivity contribution < 1.29 is 4.79 Å². The predicted molar refractivity (Wildman–Crippen MR) is 89.6 cm³/mol. The number of amides is 1. The fourth-order valence-corrected chi connectivity index (χ4v) is 5.29. The van der Waals surface area contributed by atoms with Gasteiger partial charge in [-0.2, -0.15) is 0 Å². The highest BCUT2D eigenvalue weighted by molar-refractivity contribution is 7.15. The molecule has 0 bridgehead atoms. The molecule has 4 nitrogen and oxygen atoms in total. The predicted octanol–water partition coefficient (Wildman–Crippen LogP) is 3.72. The zero-order chi connectivity index (χ0) is 15.6. The highest BCUT2D eigenvalue weighted by Gasteiger charge is 2.69. The summed E-state index contributed by atoms with van der Waals surface area (Å²) >= 11 is 1.55. The SMILES string of the molecule is CC1(C(=O)Nc2nnc(C3CCC3)s2)C2Cc3ccccc3C21. The van der Waals surface area contributed by atoms with Gasteiger partial charge >= 0.3 is 0 Å². The van der Waals surface area contributed by atoms with Crippen LogP contribution in [-0.4, -0.2) is 16.1 Å². The molecule has 5 heteroatoms. The first kappa shape index (κ1) is 13.7. The fraction of sp³-hybridized carbons (Fsp3) is 0.500. The highest BCUT2D eigenvalue weighted by atomic mass is 32.1. The van der Waals surface area contributed by atoms with Crippen molar-refractivity contribution in [1.29, 1.82) is 0 Å². The number of nitrogens with zero attached hydrogens (tertiary/aromatic N) is 2. The molecular formula is C18H19N3OS. The average molecular weight is 325 g/mol. The van der Waals surface area contributed by atoms with Crippen molar-refractivity contribution in [2.24, 2.45) is 11.3 Å². The third-order valence-corrected chi connectivity index (χ3v) is 7.15. The van der Waals surface area contributed by atoms with E-state index in [1.165, 1.54) is 30.4 Å². The number of hydrogen-bond donors (Lipinski definition) is 1. The second-order valence-corrected chi connectivity index (χ2v) is 8.31. The van der Waals surface area contributed by atoms with Crippen LogP contribution in [0.25, 0.3) is 0 Å². The number of carbonyl (C=O) groups excluding carboxylic acids is 1. The zero-order valence-corrected chi connectivity index (χ0v) is 13.9. The van der Waals surface area contributed by atoms with Crippen molar-refractivity contribution in [2.45, 2.75) is 44.4 Å². The van der Waals surface area contributed by atoms with Crippen molar-refractivity contribution >= 4 is 22.4 Å². The van der Waals surface area contributed by atoms with E-state index in [4.69, 9.17) is 0 Å². The summed E-state index contributed by atoms with van der Waals surface area (Å²) < 4.78 is 0. The summed E-state index contributed by atoms with van der Waals surface area (Å²) in [5, 5.41) is 13.2. The molecular weight excluding hydrogens is 306 g/mol. The largest absolute Gasteiger partial charge is 0.300 e. The van der Waals surface area contributed by atoms with Gasteiger partial charge in [0, 0.05) is 11.8 Å². The molecule has 2 aromatic rings. The van der Waals surface area contributed by atoms with Gasteiger partial charge in [0.1, 0.15) is 5.01 Å². The maximum absolute atomic E-state index is 12.8. The second-order valence-electron chi connectivity index (χ2n) is 7.30. The third kappa shape index (κ3) is 1.86. The Morgan fingerprint density at radius 1 is 1.30 bits per heavy atom. The van der Waals surface area contributed by atoms with E-state index in [2.05, 4.69) is 46.7 Å². The van der Waals surface area contributed by atoms with E-state index in [0.717, 1.165) is 11.4 Å². The number of carbonyl (C=O) groups is 1. The van der Waals surface area contributed by atoms with Crippen molar-refractivity contribution in [3.8, 4) is 0 Å². The first-order valence-corrected chi connectivity index (χ1v) is 9.22. The van der Waals surface area contributed by atoms with E-state index in [1.54, 1.807) is 11.3 Å². The quantitative estimate of drug-likeness (QED) is 0.936. The molecule has 23 heavy (non-hydrogen) atoms. The number of fused-ring (bicyclic) bond motifs is 3. The number of rotatable bonds is 3. The molecule has 2 saturated carbocycles. The lowest BCUT2D eigenvalue weighted by atomic mass is 9.86. The molecule has 3 unspecified atom stereocenters. The molecule has 5 rings (SSSR count). The monoisotopic (exact) mass is 325 g/mol. The van der Waals surface area contributed by atoms with Crippen LogP contribution < -0.4 is 5.32 Å². The van der Waals surface area contributed by atoms with E-state index in [1.807, 2.05) is 0 Å². The summed E-state index contributed by atoms with van der Waals surface area (Å²) in [5.41, 5.74) is 2.50. The minimum absolute atomic E-state index is 0.110. The van der Waals surface area contributed by atoms with Crippen LogP contribution in [0.15, 0.2) is 24.3 Å². The third-order valence-electron chi connectivity index (χ3n) is 6.14. The standard InChI is InChI=1S/C18H19N3OS/c1-18(13-9-11-5-2-3-8-12(11)14(13)18)16(22)19-17-21-20-15(23-17)10-6-4-7-10/h2-3,5,8,10,13-14H,4,6-7,9H2,1H3,(H,19,21,22). The smallest absolute Gasteiger partial charge is 0.233 e. The lowest BCUT2D eigenvalue weighted by Crippen LogP contribution is -2.26. The normalized spacial score (nSPS) is 31.2. The molecule has 1 heterocycles. The fourth-order valence-electron chi connectivity index (χ4n) is 4.38. The van der Waals surface area contributed by atoms with E-state index >= 15 is 0 Å². The Labute approximate surface area is 139 Å². The van der Waals surface area contributed by atoms with Crippen LogP contribution in [-0.2, 0) is 11.2 Å². The molecule has 1 aromatic carbocycles. The Kier molecular flexibility index (Phi) is 2.75. The molecule has 2 fully saturated rings. The van der Waals surface area contributed by atoms with Crippen LogP contribution in [0.5, 0.6) is 0 Å². The Morgan fingerprint density at radius 3 is 2.91 bits per heavy atom. The summed E-state index contributed by atoms with van der Waals surface area (Å²) in [6.07, 6.45) is 4.73. The van der Waals surface area contributed by atoms with E-state index < -0.39 is 0 Å². The van der Waals surface area contributed by atoms with Gasteiger partial charge in [-0.05, 0) is 43.2 Å². The van der Waals surface area contributed by atoms with Crippen LogP contribution >= 0.6 is 11.3 Å². The van der Waals surface area contributed by atoms with Crippen LogP contribution in [0.4, 0.5) is 5.13 Å². The molecule has 1 amide bonds. The van der Waals surface area contributed by atoms with Crippen LogP contribution in [0.1, 0.15) is 54.2 Å². The number of nitrogens with one attached hydrogen (secondary N) is 1. The number of hydrogen-bond acceptors (Lipinski definition) is 4. The minimum atomic E-state index is -0.281. The number of anilines is 1. The molecule has 3 atom stereocenters. The number of aromatic nitrogens is 2. The van der Waals surface area contributed by atoms with Gasteiger partial charge < -0.3 is 5.32 Å².